The molecule has 0 fully saturated rings. The average molecular weight is 259 g/mol. The number of nitrogens with one attached hydrogen (secondary N) is 1. The van der Waals surface area contributed by atoms with Crippen LogP contribution in [0.2, 0.25) is 0 Å². The van der Waals surface area contributed by atoms with Gasteiger partial charge in [-0.05, 0) is 18.5 Å². The van der Waals surface area contributed by atoms with E-state index in [-0.39, 0.29) is 12.6 Å². The third-order valence-electron chi connectivity index (χ3n) is 3.12. The lowest BCUT2D eigenvalue weighted by molar-refractivity contribution is 0.255. The zero-order valence-electron chi connectivity index (χ0n) is 11.3. The summed E-state index contributed by atoms with van der Waals surface area (Å²) in [5.74, 6) is 0. The van der Waals surface area contributed by atoms with Gasteiger partial charge in [0.2, 0.25) is 0 Å². The van der Waals surface area contributed by atoms with Crippen LogP contribution in [0.15, 0.2) is 42.7 Å². The molecule has 0 aliphatic carbocycles. The number of aliphatic hydroxyl groups excluding tert-OH is 1. The Morgan fingerprint density at radius 3 is 2.74 bits per heavy atom. The van der Waals surface area contributed by atoms with Crippen molar-refractivity contribution < 1.29 is 5.11 Å². The molecule has 0 saturated heterocycles. The zero-order chi connectivity index (χ0) is 13.5. The molecule has 1 atom stereocenters. The predicted molar refractivity (Wildman–Crippen MR) is 76.8 cm³/mol. The fourth-order valence-corrected chi connectivity index (χ4v) is 2.17. The first-order valence-electron chi connectivity index (χ1n) is 6.75. The van der Waals surface area contributed by atoms with E-state index in [0.717, 1.165) is 25.1 Å². The highest BCUT2D eigenvalue weighted by Crippen LogP contribution is 2.17. The minimum atomic E-state index is 0.199. The van der Waals surface area contributed by atoms with Crippen LogP contribution in [0.4, 0.5) is 0 Å². The number of benzene rings is 1. The van der Waals surface area contributed by atoms with Gasteiger partial charge < -0.3 is 10.4 Å². The Morgan fingerprint density at radius 1 is 1.26 bits per heavy atom. The molecule has 1 aromatic heterocycles. The Balaban J connectivity index is 2.04. The summed E-state index contributed by atoms with van der Waals surface area (Å²) in [6.07, 6.45) is 4.68. The standard InChI is InChI=1S/C15H21N3O/c1-2-16-15(8-9-19)12-18-11-14(10-17-18)13-6-4-3-5-7-13/h3-7,10-11,15-16,19H,2,8-9,12H2,1H3. The number of rotatable bonds is 7. The van der Waals surface area contributed by atoms with Gasteiger partial charge in [0.25, 0.3) is 0 Å². The first-order chi connectivity index (χ1) is 9.33. The number of hydrogen-bond donors (Lipinski definition) is 2. The molecular formula is C15H21N3O. The van der Waals surface area contributed by atoms with Crippen molar-refractivity contribution in [3.8, 4) is 11.1 Å². The maximum Gasteiger partial charge on any atom is 0.0568 e. The zero-order valence-corrected chi connectivity index (χ0v) is 11.3. The Bertz CT molecular complexity index is 475. The predicted octanol–water partition coefficient (Wildman–Crippen LogP) is 1.91. The van der Waals surface area contributed by atoms with E-state index in [0.29, 0.717) is 0 Å². The quantitative estimate of drug-likeness (QED) is 0.798. The van der Waals surface area contributed by atoms with Gasteiger partial charge in [0.1, 0.15) is 0 Å². The van der Waals surface area contributed by atoms with E-state index in [1.807, 2.05) is 29.1 Å². The highest BCUT2D eigenvalue weighted by molar-refractivity contribution is 5.61. The van der Waals surface area contributed by atoms with Crippen LogP contribution in [0.1, 0.15) is 13.3 Å². The van der Waals surface area contributed by atoms with Crippen LogP contribution in [0, 0.1) is 0 Å². The summed E-state index contributed by atoms with van der Waals surface area (Å²) in [5.41, 5.74) is 2.30. The summed E-state index contributed by atoms with van der Waals surface area (Å²) < 4.78 is 1.94. The normalized spacial score (nSPS) is 12.5. The average Bonchev–Trinajstić information content (AvgIpc) is 2.89. The fraction of sp³-hybridized carbons (Fsp3) is 0.400. The van der Waals surface area contributed by atoms with Gasteiger partial charge in [-0.2, -0.15) is 5.10 Å². The van der Waals surface area contributed by atoms with Gasteiger partial charge in [-0.3, -0.25) is 4.68 Å². The highest BCUT2D eigenvalue weighted by Gasteiger charge is 2.09. The number of likely N-dealkylation sites (N-methyl/N-ethyl adjacent to an activating group) is 1. The van der Waals surface area contributed by atoms with E-state index in [9.17, 15) is 0 Å². The van der Waals surface area contributed by atoms with E-state index in [2.05, 4.69) is 35.7 Å². The van der Waals surface area contributed by atoms with Gasteiger partial charge in [0.15, 0.2) is 0 Å². The second-order valence-corrected chi connectivity index (χ2v) is 4.58. The lowest BCUT2D eigenvalue weighted by Gasteiger charge is -2.16. The number of aromatic nitrogens is 2. The Hall–Kier alpha value is -1.65. The molecular weight excluding hydrogens is 238 g/mol. The van der Waals surface area contributed by atoms with E-state index in [4.69, 9.17) is 5.11 Å². The van der Waals surface area contributed by atoms with Crippen molar-refractivity contribution >= 4 is 0 Å². The van der Waals surface area contributed by atoms with Gasteiger partial charge in [0, 0.05) is 24.4 Å². The lowest BCUT2D eigenvalue weighted by atomic mass is 10.1. The molecule has 4 nitrogen and oxygen atoms in total. The summed E-state index contributed by atoms with van der Waals surface area (Å²) >= 11 is 0. The summed E-state index contributed by atoms with van der Waals surface area (Å²) in [5, 5.41) is 16.8. The largest absolute Gasteiger partial charge is 0.396 e. The van der Waals surface area contributed by atoms with Gasteiger partial charge in [-0.1, -0.05) is 37.3 Å². The smallest absolute Gasteiger partial charge is 0.0568 e. The molecule has 0 saturated carbocycles. The molecule has 0 amide bonds. The minimum absolute atomic E-state index is 0.199. The molecule has 4 heteroatoms. The van der Waals surface area contributed by atoms with E-state index < -0.39 is 0 Å². The molecule has 0 aliphatic heterocycles. The number of aliphatic hydroxyl groups is 1. The Morgan fingerprint density at radius 2 is 2.05 bits per heavy atom. The van der Waals surface area contributed by atoms with Crippen molar-refractivity contribution in [1.82, 2.24) is 15.1 Å². The molecule has 1 heterocycles. The van der Waals surface area contributed by atoms with E-state index in [1.54, 1.807) is 0 Å². The summed E-state index contributed by atoms with van der Waals surface area (Å²) in [7, 11) is 0. The highest BCUT2D eigenvalue weighted by atomic mass is 16.3. The van der Waals surface area contributed by atoms with Crippen molar-refractivity contribution in [3.05, 3.63) is 42.7 Å². The molecule has 19 heavy (non-hydrogen) atoms. The molecule has 0 aliphatic rings. The van der Waals surface area contributed by atoms with Crippen molar-refractivity contribution in [1.29, 1.82) is 0 Å². The number of hydrogen-bond acceptors (Lipinski definition) is 3. The van der Waals surface area contributed by atoms with Crippen molar-refractivity contribution in [2.45, 2.75) is 25.9 Å². The lowest BCUT2D eigenvalue weighted by Crippen LogP contribution is -2.34. The Labute approximate surface area is 114 Å². The summed E-state index contributed by atoms with van der Waals surface area (Å²) in [4.78, 5) is 0. The fourth-order valence-electron chi connectivity index (χ4n) is 2.17. The third-order valence-corrected chi connectivity index (χ3v) is 3.12. The van der Waals surface area contributed by atoms with Gasteiger partial charge in [-0.15, -0.1) is 0 Å². The minimum Gasteiger partial charge on any atom is -0.396 e. The van der Waals surface area contributed by atoms with Crippen LogP contribution >= 0.6 is 0 Å². The maximum atomic E-state index is 9.05. The van der Waals surface area contributed by atoms with Crippen LogP contribution < -0.4 is 5.32 Å². The number of nitrogens with zero attached hydrogens (tertiary/aromatic N) is 2. The molecule has 0 radical (unpaired) electrons. The summed E-state index contributed by atoms with van der Waals surface area (Å²) in [6, 6.07) is 10.5. The van der Waals surface area contributed by atoms with Crippen molar-refractivity contribution in [2.75, 3.05) is 13.2 Å². The third kappa shape index (κ3) is 3.91. The molecule has 2 aromatic rings. The first-order valence-corrected chi connectivity index (χ1v) is 6.75. The van der Waals surface area contributed by atoms with Crippen molar-refractivity contribution in [2.24, 2.45) is 0 Å². The molecule has 1 aromatic carbocycles. The molecule has 0 spiro atoms. The van der Waals surface area contributed by atoms with Crippen LogP contribution in [-0.2, 0) is 6.54 Å². The molecule has 1 unspecified atom stereocenters. The first kappa shape index (κ1) is 13.8. The molecule has 0 bridgehead atoms. The summed E-state index contributed by atoms with van der Waals surface area (Å²) in [6.45, 7) is 3.95. The van der Waals surface area contributed by atoms with Crippen LogP contribution in [0.25, 0.3) is 11.1 Å². The van der Waals surface area contributed by atoms with Gasteiger partial charge >= 0.3 is 0 Å². The molecule has 2 N–H and O–H groups in total. The van der Waals surface area contributed by atoms with Crippen LogP contribution in [-0.4, -0.2) is 34.1 Å². The topological polar surface area (TPSA) is 50.1 Å². The monoisotopic (exact) mass is 259 g/mol. The van der Waals surface area contributed by atoms with Crippen molar-refractivity contribution in [3.63, 3.8) is 0 Å². The van der Waals surface area contributed by atoms with E-state index in [1.165, 1.54) is 5.56 Å². The van der Waals surface area contributed by atoms with Crippen LogP contribution in [0.3, 0.4) is 0 Å². The van der Waals surface area contributed by atoms with E-state index >= 15 is 0 Å². The second-order valence-electron chi connectivity index (χ2n) is 4.58. The molecule has 102 valence electrons. The van der Waals surface area contributed by atoms with Gasteiger partial charge in [0.05, 0.1) is 12.7 Å². The SMILES string of the molecule is CCNC(CCO)Cn1cc(-c2ccccc2)cn1. The Kier molecular flexibility index (Phi) is 5.12. The molecule has 2 rings (SSSR count). The van der Waals surface area contributed by atoms with Gasteiger partial charge in [-0.25, -0.2) is 0 Å². The maximum absolute atomic E-state index is 9.05. The second kappa shape index (κ2) is 7.07. The van der Waals surface area contributed by atoms with Crippen LogP contribution in [0.5, 0.6) is 0 Å².